The van der Waals surface area contributed by atoms with Gasteiger partial charge in [0.25, 0.3) is 11.8 Å². The minimum absolute atomic E-state index is 0.0287. The van der Waals surface area contributed by atoms with Gasteiger partial charge in [-0.2, -0.15) is 13.2 Å². The molecule has 152 valence electrons. The highest BCUT2D eigenvalue weighted by molar-refractivity contribution is 6.36. The molecule has 0 bridgehead atoms. The number of carbonyl (C=O) groups excluding carboxylic acids is 2. The van der Waals surface area contributed by atoms with Crippen LogP contribution in [0.1, 0.15) is 25.0 Å². The second kappa shape index (κ2) is 7.62. The Morgan fingerprint density at radius 3 is 2.24 bits per heavy atom. The molecule has 1 aliphatic heterocycles. The number of carbonyl (C=O) groups is 2. The quantitative estimate of drug-likeness (QED) is 0.755. The molecule has 2 aromatic carbocycles. The second-order valence-corrected chi connectivity index (χ2v) is 6.81. The smallest absolute Gasteiger partial charge is 0.416 e. The van der Waals surface area contributed by atoms with Crippen LogP contribution < -0.4 is 10.1 Å². The van der Waals surface area contributed by atoms with Crippen molar-refractivity contribution in [3.8, 4) is 5.75 Å². The van der Waals surface area contributed by atoms with E-state index in [9.17, 15) is 22.8 Å². The summed E-state index contributed by atoms with van der Waals surface area (Å²) in [6, 6.07) is 11.0. The molecule has 0 saturated heterocycles. The predicted octanol–water partition coefficient (Wildman–Crippen LogP) is 4.31. The van der Waals surface area contributed by atoms with Gasteiger partial charge in [0.2, 0.25) is 0 Å². The minimum atomic E-state index is -4.52. The standard InChI is InChI=1S/C21H19F3N2O3/c1-12(2)29-16-9-7-13(8-10-16)17-18(20(28)26(3)19(17)27)25-15-6-4-5-14(11-15)21(22,23)24/h4-12,25H,1-3H3. The van der Waals surface area contributed by atoms with E-state index in [0.29, 0.717) is 11.3 Å². The first-order chi connectivity index (χ1) is 13.6. The van der Waals surface area contributed by atoms with Crippen LogP contribution in [-0.4, -0.2) is 29.9 Å². The van der Waals surface area contributed by atoms with Crippen LogP contribution in [0, 0.1) is 0 Å². The molecule has 0 radical (unpaired) electrons. The number of hydrogen-bond donors (Lipinski definition) is 1. The average Bonchev–Trinajstić information content (AvgIpc) is 2.86. The number of hydrogen-bond acceptors (Lipinski definition) is 4. The Balaban J connectivity index is 2.00. The lowest BCUT2D eigenvalue weighted by Crippen LogP contribution is -2.27. The molecule has 1 N–H and O–H groups in total. The van der Waals surface area contributed by atoms with Crippen LogP contribution in [0.5, 0.6) is 5.75 Å². The largest absolute Gasteiger partial charge is 0.491 e. The lowest BCUT2D eigenvalue weighted by molar-refractivity contribution is -0.137. The van der Waals surface area contributed by atoms with Crippen LogP contribution in [-0.2, 0) is 15.8 Å². The summed E-state index contributed by atoms with van der Waals surface area (Å²) in [6.45, 7) is 3.75. The lowest BCUT2D eigenvalue weighted by atomic mass is 10.0. The highest BCUT2D eigenvalue weighted by Gasteiger charge is 2.37. The van der Waals surface area contributed by atoms with Crippen molar-refractivity contribution in [2.24, 2.45) is 0 Å². The number of anilines is 1. The number of imide groups is 1. The number of amides is 2. The Morgan fingerprint density at radius 2 is 1.66 bits per heavy atom. The van der Waals surface area contributed by atoms with E-state index in [-0.39, 0.29) is 23.1 Å². The van der Waals surface area contributed by atoms with E-state index in [1.54, 1.807) is 24.3 Å². The Morgan fingerprint density at radius 1 is 1.00 bits per heavy atom. The van der Waals surface area contributed by atoms with E-state index < -0.39 is 23.6 Å². The van der Waals surface area contributed by atoms with Crippen LogP contribution in [0.3, 0.4) is 0 Å². The van der Waals surface area contributed by atoms with Crippen molar-refractivity contribution in [1.82, 2.24) is 4.90 Å². The lowest BCUT2D eigenvalue weighted by Gasteiger charge is -2.12. The Bertz CT molecular complexity index is 979. The third-order valence-electron chi connectivity index (χ3n) is 4.26. The molecule has 2 aromatic rings. The van der Waals surface area contributed by atoms with Gasteiger partial charge in [-0.1, -0.05) is 18.2 Å². The van der Waals surface area contributed by atoms with Gasteiger partial charge in [-0.15, -0.1) is 0 Å². The fourth-order valence-electron chi connectivity index (χ4n) is 2.92. The molecule has 29 heavy (non-hydrogen) atoms. The minimum Gasteiger partial charge on any atom is -0.491 e. The van der Waals surface area contributed by atoms with Crippen molar-refractivity contribution >= 4 is 23.1 Å². The number of ether oxygens (including phenoxy) is 1. The Hall–Kier alpha value is -3.29. The summed E-state index contributed by atoms with van der Waals surface area (Å²) in [4.78, 5) is 26.1. The zero-order chi connectivity index (χ0) is 21.3. The summed E-state index contributed by atoms with van der Waals surface area (Å²) in [5.74, 6) is -0.561. The van der Waals surface area contributed by atoms with Gasteiger partial charge in [-0.3, -0.25) is 14.5 Å². The normalized spacial score (nSPS) is 14.8. The van der Waals surface area contributed by atoms with Gasteiger partial charge in [-0.25, -0.2) is 0 Å². The first-order valence-corrected chi connectivity index (χ1v) is 8.86. The number of alkyl halides is 3. The molecule has 0 spiro atoms. The molecule has 3 rings (SSSR count). The molecule has 5 nitrogen and oxygen atoms in total. The predicted molar refractivity (Wildman–Crippen MR) is 102 cm³/mol. The van der Waals surface area contributed by atoms with Crippen molar-refractivity contribution in [3.05, 3.63) is 65.4 Å². The van der Waals surface area contributed by atoms with Crippen molar-refractivity contribution in [3.63, 3.8) is 0 Å². The van der Waals surface area contributed by atoms with E-state index >= 15 is 0 Å². The average molecular weight is 404 g/mol. The number of nitrogens with one attached hydrogen (secondary N) is 1. The first-order valence-electron chi connectivity index (χ1n) is 8.86. The number of nitrogens with zero attached hydrogens (tertiary/aromatic N) is 1. The molecular formula is C21H19F3N2O3. The molecule has 0 aromatic heterocycles. The highest BCUT2D eigenvalue weighted by Crippen LogP contribution is 2.33. The number of halogens is 3. The van der Waals surface area contributed by atoms with Crippen LogP contribution in [0.2, 0.25) is 0 Å². The molecule has 0 aliphatic carbocycles. The maximum absolute atomic E-state index is 13.0. The number of benzene rings is 2. The van der Waals surface area contributed by atoms with Crippen LogP contribution in [0.15, 0.2) is 54.2 Å². The molecule has 0 unspecified atom stereocenters. The molecule has 0 fully saturated rings. The Kier molecular flexibility index (Phi) is 5.37. The summed E-state index contributed by atoms with van der Waals surface area (Å²) in [5.41, 5.74) is -0.327. The summed E-state index contributed by atoms with van der Waals surface area (Å²) in [5, 5.41) is 2.70. The van der Waals surface area contributed by atoms with Crippen LogP contribution >= 0.6 is 0 Å². The van der Waals surface area contributed by atoms with Crippen LogP contribution in [0.25, 0.3) is 5.57 Å². The number of rotatable bonds is 5. The maximum atomic E-state index is 13.0. The fourth-order valence-corrected chi connectivity index (χ4v) is 2.92. The number of likely N-dealkylation sites (N-methyl/N-ethyl adjacent to an activating group) is 1. The monoisotopic (exact) mass is 404 g/mol. The highest BCUT2D eigenvalue weighted by atomic mass is 19.4. The van der Waals surface area contributed by atoms with E-state index in [1.807, 2.05) is 13.8 Å². The molecule has 0 atom stereocenters. The molecule has 1 aliphatic rings. The molecule has 2 amide bonds. The van der Waals surface area contributed by atoms with E-state index in [4.69, 9.17) is 4.74 Å². The van der Waals surface area contributed by atoms with E-state index in [2.05, 4.69) is 5.32 Å². The van der Waals surface area contributed by atoms with Crippen molar-refractivity contribution in [2.45, 2.75) is 26.1 Å². The molecule has 1 heterocycles. The van der Waals surface area contributed by atoms with E-state index in [0.717, 1.165) is 17.0 Å². The summed E-state index contributed by atoms with van der Waals surface area (Å²) < 4.78 is 44.5. The summed E-state index contributed by atoms with van der Waals surface area (Å²) in [6.07, 6.45) is -4.55. The van der Waals surface area contributed by atoms with Crippen molar-refractivity contribution in [2.75, 3.05) is 12.4 Å². The van der Waals surface area contributed by atoms with E-state index in [1.165, 1.54) is 19.2 Å². The van der Waals surface area contributed by atoms with Gasteiger partial charge in [0.15, 0.2) is 0 Å². The molecule has 8 heteroatoms. The van der Waals surface area contributed by atoms with Gasteiger partial charge < -0.3 is 10.1 Å². The van der Waals surface area contributed by atoms with Gasteiger partial charge in [0.1, 0.15) is 11.4 Å². The van der Waals surface area contributed by atoms with Crippen molar-refractivity contribution in [1.29, 1.82) is 0 Å². The SMILES string of the molecule is CC(C)Oc1ccc(C2=C(Nc3cccc(C(F)(F)F)c3)C(=O)N(C)C2=O)cc1. The molecular weight excluding hydrogens is 385 g/mol. The van der Waals surface area contributed by atoms with Gasteiger partial charge in [-0.05, 0) is 49.7 Å². The van der Waals surface area contributed by atoms with Gasteiger partial charge in [0, 0.05) is 12.7 Å². The third-order valence-corrected chi connectivity index (χ3v) is 4.26. The van der Waals surface area contributed by atoms with Crippen molar-refractivity contribution < 1.29 is 27.5 Å². The fraction of sp³-hybridized carbons (Fsp3) is 0.238. The second-order valence-electron chi connectivity index (χ2n) is 6.81. The van der Waals surface area contributed by atoms with Crippen LogP contribution in [0.4, 0.5) is 18.9 Å². The molecule has 0 saturated carbocycles. The summed E-state index contributed by atoms with van der Waals surface area (Å²) in [7, 11) is 1.32. The zero-order valence-electron chi connectivity index (χ0n) is 16.0. The maximum Gasteiger partial charge on any atom is 0.416 e. The first kappa shape index (κ1) is 20.4. The van der Waals surface area contributed by atoms with Gasteiger partial charge in [0.05, 0.1) is 17.2 Å². The Labute approximate surface area is 165 Å². The topological polar surface area (TPSA) is 58.6 Å². The third kappa shape index (κ3) is 4.26. The zero-order valence-corrected chi connectivity index (χ0v) is 16.0. The summed E-state index contributed by atoms with van der Waals surface area (Å²) >= 11 is 0. The van der Waals surface area contributed by atoms with Gasteiger partial charge >= 0.3 is 6.18 Å².